The van der Waals surface area contributed by atoms with Crippen LogP contribution in [0.3, 0.4) is 0 Å². The van der Waals surface area contributed by atoms with Gasteiger partial charge in [0.1, 0.15) is 0 Å². The second kappa shape index (κ2) is 3.66. The van der Waals surface area contributed by atoms with Crippen molar-refractivity contribution in [3.8, 4) is 0 Å². The van der Waals surface area contributed by atoms with Gasteiger partial charge >= 0.3 is 0 Å². The van der Waals surface area contributed by atoms with E-state index >= 15 is 0 Å². The van der Waals surface area contributed by atoms with Crippen LogP contribution in [0.5, 0.6) is 0 Å². The smallest absolute Gasteiger partial charge is 0.0487 e. The molecule has 0 spiro atoms. The molecule has 30 valence electrons. The lowest BCUT2D eigenvalue weighted by Crippen LogP contribution is -2.20. The number of hydrogen-bond acceptors (Lipinski definition) is 2. The summed E-state index contributed by atoms with van der Waals surface area (Å²) in [5.41, 5.74) is 1.91. The standard InChI is InChI=1S/C3H8N2/c1-2-3-5-4/h2,5H,1,3-4H2/i3D2. The van der Waals surface area contributed by atoms with Crippen LogP contribution >= 0.6 is 0 Å². The second-order valence-corrected chi connectivity index (χ2v) is 0.493. The Kier molecular flexibility index (Phi) is 1.43. The molecule has 0 aromatic rings. The Morgan fingerprint density at radius 1 is 2.40 bits per heavy atom. The second-order valence-electron chi connectivity index (χ2n) is 0.493. The molecule has 0 fully saturated rings. The minimum Gasteiger partial charge on any atom is -0.271 e. The molecule has 0 unspecified atom stereocenters. The first-order valence-electron chi connectivity index (χ1n) is 2.24. The van der Waals surface area contributed by atoms with Crippen molar-refractivity contribution in [2.75, 3.05) is 6.50 Å². The summed E-state index contributed by atoms with van der Waals surface area (Å²) in [6.07, 6.45) is 1.09. The van der Waals surface area contributed by atoms with Crippen LogP contribution in [0.15, 0.2) is 12.7 Å². The summed E-state index contributed by atoms with van der Waals surface area (Å²) in [5.74, 6) is 4.72. The fourth-order valence-electron chi connectivity index (χ4n) is 0.0589. The fraction of sp³-hybridized carbons (Fsp3) is 0.333. The van der Waals surface area contributed by atoms with E-state index in [4.69, 9.17) is 8.58 Å². The fourth-order valence-corrected chi connectivity index (χ4v) is 0.0589. The van der Waals surface area contributed by atoms with E-state index in [0.29, 0.717) is 0 Å². The van der Waals surface area contributed by atoms with E-state index in [1.54, 1.807) is 0 Å². The first-order chi connectivity index (χ1) is 3.12. The molecule has 0 aliphatic rings. The van der Waals surface area contributed by atoms with Crippen LogP contribution in [0.2, 0.25) is 0 Å². The van der Waals surface area contributed by atoms with Crippen molar-refractivity contribution in [3.63, 3.8) is 0 Å². The summed E-state index contributed by atoms with van der Waals surface area (Å²) in [7, 11) is 0. The molecule has 0 aromatic heterocycles. The zero-order valence-corrected chi connectivity index (χ0v) is 2.86. The molecule has 3 N–H and O–H groups in total. The van der Waals surface area contributed by atoms with E-state index in [1.165, 1.54) is 0 Å². The maximum atomic E-state index is 6.74. The maximum Gasteiger partial charge on any atom is 0.0487 e. The van der Waals surface area contributed by atoms with Gasteiger partial charge in [0, 0.05) is 9.24 Å². The zero-order chi connectivity index (χ0) is 5.91. The molecule has 0 heterocycles. The summed E-state index contributed by atoms with van der Waals surface area (Å²) in [4.78, 5) is 0. The molecule has 0 radical (unpaired) electrons. The van der Waals surface area contributed by atoms with Gasteiger partial charge in [-0.25, -0.2) is 0 Å². The lowest BCUT2D eigenvalue weighted by molar-refractivity contribution is 0.824. The van der Waals surface area contributed by atoms with Gasteiger partial charge in [-0.15, -0.1) is 6.58 Å². The van der Waals surface area contributed by atoms with E-state index in [2.05, 4.69) is 6.58 Å². The summed E-state index contributed by atoms with van der Waals surface area (Å²) in [6.45, 7) is 1.56. The van der Waals surface area contributed by atoms with Gasteiger partial charge in [0.15, 0.2) is 0 Å². The van der Waals surface area contributed by atoms with E-state index in [0.717, 1.165) is 6.08 Å². The van der Waals surface area contributed by atoms with Crippen LogP contribution in [-0.2, 0) is 0 Å². The molecular formula is C3H8N2. The first kappa shape index (κ1) is 1.95. The van der Waals surface area contributed by atoms with Crippen LogP contribution in [0.4, 0.5) is 0 Å². The highest BCUT2D eigenvalue weighted by atomic mass is 15.2. The number of hydrogen-bond donors (Lipinski definition) is 2. The van der Waals surface area contributed by atoms with Gasteiger partial charge < -0.3 is 0 Å². The molecule has 2 nitrogen and oxygen atoms in total. The monoisotopic (exact) mass is 74.1 g/mol. The molecule has 0 aliphatic carbocycles. The van der Waals surface area contributed by atoms with Crippen molar-refractivity contribution in [1.29, 1.82) is 0 Å². The number of nitrogens with one attached hydrogen (secondary N) is 1. The van der Waals surface area contributed by atoms with Crippen LogP contribution < -0.4 is 11.3 Å². The third-order valence-electron chi connectivity index (χ3n) is 0.185. The van der Waals surface area contributed by atoms with Crippen molar-refractivity contribution in [2.45, 2.75) is 0 Å². The van der Waals surface area contributed by atoms with Crippen LogP contribution in [0.25, 0.3) is 0 Å². The average molecular weight is 74.1 g/mol. The Hall–Kier alpha value is -0.340. The van der Waals surface area contributed by atoms with Crippen molar-refractivity contribution in [2.24, 2.45) is 5.84 Å². The number of nitrogens with two attached hydrogens (primary N) is 1. The minimum atomic E-state index is -1.62. The molecule has 0 bridgehead atoms. The Balaban J connectivity index is 3.58. The van der Waals surface area contributed by atoms with Gasteiger partial charge in [-0.2, -0.15) is 0 Å². The van der Waals surface area contributed by atoms with Crippen molar-refractivity contribution in [3.05, 3.63) is 12.7 Å². The van der Waals surface area contributed by atoms with Crippen molar-refractivity contribution in [1.82, 2.24) is 5.43 Å². The summed E-state index contributed by atoms with van der Waals surface area (Å²) in [6, 6.07) is 0. The molecular weight excluding hydrogens is 64.0 g/mol. The predicted molar refractivity (Wildman–Crippen MR) is 22.4 cm³/mol. The predicted octanol–water partition coefficient (Wildman–Crippen LogP) is -0.364. The van der Waals surface area contributed by atoms with Gasteiger partial charge in [-0.1, -0.05) is 6.08 Å². The largest absolute Gasteiger partial charge is 0.271 e. The van der Waals surface area contributed by atoms with Gasteiger partial charge in [0.2, 0.25) is 0 Å². The van der Waals surface area contributed by atoms with Gasteiger partial charge in [-0.3, -0.25) is 11.3 Å². The molecule has 0 amide bonds. The molecule has 0 atom stereocenters. The molecule has 5 heavy (non-hydrogen) atoms. The molecule has 0 saturated heterocycles. The molecule has 0 rings (SSSR count). The number of hydrazine groups is 1. The molecule has 0 aromatic carbocycles. The van der Waals surface area contributed by atoms with Gasteiger partial charge in [0.05, 0.1) is 0 Å². The van der Waals surface area contributed by atoms with Crippen LogP contribution in [-0.4, -0.2) is 6.50 Å². The third kappa shape index (κ3) is 3.66. The maximum absolute atomic E-state index is 6.74. The Labute approximate surface area is 34.4 Å². The summed E-state index contributed by atoms with van der Waals surface area (Å²) >= 11 is 0. The van der Waals surface area contributed by atoms with Gasteiger partial charge in [-0.05, 0) is 0 Å². The highest BCUT2D eigenvalue weighted by molar-refractivity contribution is 4.66. The normalized spacial score (nSPS) is 16.2. The lowest BCUT2D eigenvalue weighted by Gasteiger charge is -1.80. The van der Waals surface area contributed by atoms with Crippen LogP contribution in [0.1, 0.15) is 2.74 Å². The lowest BCUT2D eigenvalue weighted by atomic mass is 10.7. The van der Waals surface area contributed by atoms with E-state index < -0.39 is 6.50 Å². The average Bonchev–Trinajstić information content (AvgIpc) is 1.68. The molecule has 0 aliphatic heterocycles. The number of rotatable bonds is 2. The van der Waals surface area contributed by atoms with E-state index in [9.17, 15) is 0 Å². The summed E-state index contributed by atoms with van der Waals surface area (Å²) < 4.78 is 13.5. The summed E-state index contributed by atoms with van der Waals surface area (Å²) in [5, 5.41) is 0. The first-order valence-corrected chi connectivity index (χ1v) is 1.24. The van der Waals surface area contributed by atoms with E-state index in [-0.39, 0.29) is 0 Å². The zero-order valence-electron chi connectivity index (χ0n) is 4.86. The third-order valence-corrected chi connectivity index (χ3v) is 0.185. The Morgan fingerprint density at radius 3 is 3.00 bits per heavy atom. The van der Waals surface area contributed by atoms with Crippen LogP contribution in [0, 0.1) is 0 Å². The van der Waals surface area contributed by atoms with Gasteiger partial charge in [0.25, 0.3) is 0 Å². The quantitative estimate of drug-likeness (QED) is 0.266. The molecule has 2 heteroatoms. The Bertz CT molecular complexity index is 71.3. The topological polar surface area (TPSA) is 38.0 Å². The highest BCUT2D eigenvalue weighted by Crippen LogP contribution is 1.46. The highest BCUT2D eigenvalue weighted by Gasteiger charge is 1.56. The SMILES string of the molecule is [2H]C([2H])(C=C)NN. The van der Waals surface area contributed by atoms with Crippen molar-refractivity contribution < 1.29 is 2.74 Å². The Morgan fingerprint density at radius 2 is 3.00 bits per heavy atom. The van der Waals surface area contributed by atoms with Crippen molar-refractivity contribution >= 4 is 0 Å². The molecule has 0 saturated carbocycles. The minimum absolute atomic E-state index is 1.09. The van der Waals surface area contributed by atoms with E-state index in [1.807, 2.05) is 5.43 Å².